The molecule has 8 heteroatoms. The average molecular weight is 395 g/mol. The molecule has 2 aromatic carbocycles. The zero-order chi connectivity index (χ0) is 20.0. The second-order valence-electron chi connectivity index (χ2n) is 6.32. The number of alkyl halides is 3. The molecule has 3 rings (SSSR count). The Morgan fingerprint density at radius 1 is 1.00 bits per heavy atom. The Bertz CT molecular complexity index is 806. The average Bonchev–Trinajstić information content (AvgIpc) is 2.91. The summed E-state index contributed by atoms with van der Waals surface area (Å²) in [7, 11) is 0. The Balaban J connectivity index is 1.51. The highest BCUT2D eigenvalue weighted by Crippen LogP contribution is 2.30. The van der Waals surface area contributed by atoms with Crippen LogP contribution in [0.25, 0.3) is 0 Å². The molecule has 28 heavy (non-hydrogen) atoms. The summed E-state index contributed by atoms with van der Waals surface area (Å²) in [4.78, 5) is 12.4. The van der Waals surface area contributed by atoms with Crippen LogP contribution in [0.3, 0.4) is 0 Å². The number of nitrogens with one attached hydrogen (secondary N) is 1. The number of rotatable bonds is 6. The molecule has 0 fully saturated rings. The summed E-state index contributed by atoms with van der Waals surface area (Å²) in [6.07, 6.45) is -3.55. The van der Waals surface area contributed by atoms with Crippen molar-refractivity contribution >= 4 is 5.91 Å². The van der Waals surface area contributed by atoms with Crippen LogP contribution in [-0.4, -0.2) is 31.9 Å². The monoisotopic (exact) mass is 395 g/mol. The first-order chi connectivity index (χ1) is 13.4. The third-order valence-corrected chi connectivity index (χ3v) is 4.02. The van der Waals surface area contributed by atoms with E-state index in [0.717, 1.165) is 12.0 Å². The van der Waals surface area contributed by atoms with Crippen molar-refractivity contribution in [1.29, 1.82) is 0 Å². The number of amides is 1. The maximum atomic E-state index is 12.4. The van der Waals surface area contributed by atoms with Gasteiger partial charge in [0.05, 0.1) is 19.8 Å². The molecule has 0 saturated carbocycles. The summed E-state index contributed by atoms with van der Waals surface area (Å²) in [6.45, 7) is 0.00748. The highest BCUT2D eigenvalue weighted by Gasteiger charge is 2.27. The minimum Gasteiger partial charge on any atom is -0.490 e. The normalized spacial score (nSPS) is 13.7. The molecule has 0 saturated heterocycles. The lowest BCUT2D eigenvalue weighted by molar-refractivity contribution is -0.176. The first-order valence-corrected chi connectivity index (χ1v) is 8.81. The van der Waals surface area contributed by atoms with E-state index in [-0.39, 0.29) is 19.1 Å². The predicted molar refractivity (Wildman–Crippen MR) is 95.4 cm³/mol. The van der Waals surface area contributed by atoms with Crippen molar-refractivity contribution < 1.29 is 32.2 Å². The van der Waals surface area contributed by atoms with Crippen LogP contribution < -0.4 is 14.8 Å². The lowest BCUT2D eigenvalue weighted by atomic mass is 10.1. The quantitative estimate of drug-likeness (QED) is 0.807. The minimum absolute atomic E-state index is 0.122. The van der Waals surface area contributed by atoms with E-state index >= 15 is 0 Å². The lowest BCUT2D eigenvalue weighted by Gasteiger charge is -2.10. The Hall–Kier alpha value is -2.74. The molecule has 0 radical (unpaired) electrons. The maximum Gasteiger partial charge on any atom is 0.411 e. The number of carbonyl (C=O) groups excluding carboxylic acids is 1. The summed E-state index contributed by atoms with van der Waals surface area (Å²) >= 11 is 0. The number of halogens is 3. The SMILES string of the molecule is O=C(NCc1ccc(COCC(F)(F)F)cc1)c1ccc2c(c1)OCCCO2. The van der Waals surface area contributed by atoms with Gasteiger partial charge in [0.15, 0.2) is 11.5 Å². The topological polar surface area (TPSA) is 56.8 Å². The van der Waals surface area contributed by atoms with Crippen molar-refractivity contribution in [2.75, 3.05) is 19.8 Å². The molecule has 5 nitrogen and oxygen atoms in total. The molecule has 0 aromatic heterocycles. The van der Waals surface area contributed by atoms with Gasteiger partial charge in [-0.1, -0.05) is 24.3 Å². The van der Waals surface area contributed by atoms with Gasteiger partial charge in [0.2, 0.25) is 0 Å². The molecule has 1 heterocycles. The molecule has 150 valence electrons. The highest BCUT2D eigenvalue weighted by atomic mass is 19.4. The fraction of sp³-hybridized carbons (Fsp3) is 0.350. The van der Waals surface area contributed by atoms with Crippen LogP contribution in [0.5, 0.6) is 11.5 Å². The van der Waals surface area contributed by atoms with E-state index in [0.29, 0.717) is 35.8 Å². The Kier molecular flexibility index (Phi) is 6.41. The van der Waals surface area contributed by atoms with Gasteiger partial charge >= 0.3 is 6.18 Å². The highest BCUT2D eigenvalue weighted by molar-refractivity contribution is 5.94. The van der Waals surface area contributed by atoms with Crippen molar-refractivity contribution in [3.63, 3.8) is 0 Å². The van der Waals surface area contributed by atoms with Gasteiger partial charge in [-0.15, -0.1) is 0 Å². The van der Waals surface area contributed by atoms with Crippen molar-refractivity contribution in [3.05, 3.63) is 59.2 Å². The smallest absolute Gasteiger partial charge is 0.411 e. The van der Waals surface area contributed by atoms with E-state index in [1.165, 1.54) is 0 Å². The van der Waals surface area contributed by atoms with Crippen LogP contribution in [0.2, 0.25) is 0 Å². The molecule has 1 aliphatic heterocycles. The Labute approximate surface area is 160 Å². The van der Waals surface area contributed by atoms with Crippen LogP contribution in [0, 0.1) is 0 Å². The van der Waals surface area contributed by atoms with E-state index in [1.54, 1.807) is 42.5 Å². The Morgan fingerprint density at radius 2 is 1.68 bits per heavy atom. The van der Waals surface area contributed by atoms with Crippen LogP contribution >= 0.6 is 0 Å². The standard InChI is InChI=1S/C20H20F3NO4/c21-20(22,23)13-26-12-15-4-2-14(3-5-15)11-24-19(25)16-6-7-17-18(10-16)28-9-1-8-27-17/h2-7,10H,1,8-9,11-13H2,(H,24,25). The van der Waals surface area contributed by atoms with E-state index in [2.05, 4.69) is 10.1 Å². The van der Waals surface area contributed by atoms with E-state index in [4.69, 9.17) is 9.47 Å². The van der Waals surface area contributed by atoms with Gasteiger partial charge in [-0.25, -0.2) is 0 Å². The summed E-state index contributed by atoms with van der Waals surface area (Å²) in [5, 5.41) is 2.80. The first-order valence-electron chi connectivity index (χ1n) is 8.81. The van der Waals surface area contributed by atoms with Crippen molar-refractivity contribution in [2.45, 2.75) is 25.7 Å². The first kappa shape index (κ1) is 20.0. The largest absolute Gasteiger partial charge is 0.490 e. The minimum atomic E-state index is -4.34. The van der Waals surface area contributed by atoms with Crippen LogP contribution in [-0.2, 0) is 17.9 Å². The molecular weight excluding hydrogens is 375 g/mol. The molecule has 0 atom stereocenters. The predicted octanol–water partition coefficient (Wildman–Crippen LogP) is 3.86. The molecule has 0 unspecified atom stereocenters. The number of ether oxygens (including phenoxy) is 3. The van der Waals surface area contributed by atoms with Gasteiger partial charge in [-0.3, -0.25) is 4.79 Å². The molecule has 1 N–H and O–H groups in total. The second kappa shape index (κ2) is 8.97. The third-order valence-electron chi connectivity index (χ3n) is 4.02. The summed E-state index contributed by atoms with van der Waals surface area (Å²) in [5.74, 6) is 0.916. The van der Waals surface area contributed by atoms with Crippen molar-refractivity contribution in [1.82, 2.24) is 5.32 Å². The van der Waals surface area contributed by atoms with Crippen LogP contribution in [0.1, 0.15) is 27.9 Å². The van der Waals surface area contributed by atoms with Gasteiger partial charge in [0.25, 0.3) is 5.91 Å². The van der Waals surface area contributed by atoms with Crippen LogP contribution in [0.4, 0.5) is 13.2 Å². The number of carbonyl (C=O) groups is 1. The lowest BCUT2D eigenvalue weighted by Crippen LogP contribution is -2.22. The third kappa shape index (κ3) is 5.88. The van der Waals surface area contributed by atoms with Crippen molar-refractivity contribution in [3.8, 4) is 11.5 Å². The van der Waals surface area contributed by atoms with Gasteiger partial charge in [0, 0.05) is 18.5 Å². The fourth-order valence-electron chi connectivity index (χ4n) is 2.63. The second-order valence-corrected chi connectivity index (χ2v) is 6.32. The molecule has 2 aromatic rings. The van der Waals surface area contributed by atoms with Gasteiger partial charge < -0.3 is 19.5 Å². The number of hydrogen-bond donors (Lipinski definition) is 1. The molecule has 0 spiro atoms. The van der Waals surface area contributed by atoms with Gasteiger partial charge in [0.1, 0.15) is 6.61 Å². The number of benzene rings is 2. The molecule has 1 aliphatic rings. The number of hydrogen-bond acceptors (Lipinski definition) is 4. The van der Waals surface area contributed by atoms with E-state index in [9.17, 15) is 18.0 Å². The molecular formula is C20H20F3NO4. The summed E-state index contributed by atoms with van der Waals surface area (Å²) in [5.41, 5.74) is 1.91. The molecule has 0 aliphatic carbocycles. The summed E-state index contributed by atoms with van der Waals surface area (Å²) in [6, 6.07) is 11.9. The molecule has 1 amide bonds. The van der Waals surface area contributed by atoms with Gasteiger partial charge in [-0.05, 0) is 29.3 Å². The zero-order valence-corrected chi connectivity index (χ0v) is 15.1. The fourth-order valence-corrected chi connectivity index (χ4v) is 2.63. The van der Waals surface area contributed by atoms with Crippen molar-refractivity contribution in [2.24, 2.45) is 0 Å². The summed E-state index contributed by atoms with van der Waals surface area (Å²) < 4.78 is 52.0. The van der Waals surface area contributed by atoms with E-state index < -0.39 is 12.8 Å². The molecule has 0 bridgehead atoms. The zero-order valence-electron chi connectivity index (χ0n) is 15.1. The van der Waals surface area contributed by atoms with E-state index in [1.807, 2.05) is 0 Å². The maximum absolute atomic E-state index is 12.4. The van der Waals surface area contributed by atoms with Crippen LogP contribution in [0.15, 0.2) is 42.5 Å². The number of fused-ring (bicyclic) bond motifs is 1. The van der Waals surface area contributed by atoms with Gasteiger partial charge in [-0.2, -0.15) is 13.2 Å². The Morgan fingerprint density at radius 3 is 2.39 bits per heavy atom.